The zero-order chi connectivity index (χ0) is 21.3. The second kappa shape index (κ2) is 7.75. The Hall–Kier alpha value is -4.30. The zero-order valence-electron chi connectivity index (χ0n) is 17.4. The van der Waals surface area contributed by atoms with Gasteiger partial charge >= 0.3 is 0 Å². The molecule has 32 heavy (non-hydrogen) atoms. The average Bonchev–Trinajstić information content (AvgIpc) is 2.88. The van der Waals surface area contributed by atoms with Gasteiger partial charge in [-0.15, -0.1) is 0 Å². The third-order valence-electron chi connectivity index (χ3n) is 5.94. The number of hydrogen-bond acceptors (Lipinski definition) is 2. The van der Waals surface area contributed by atoms with Crippen LogP contribution in [0, 0.1) is 0 Å². The number of aromatic nitrogens is 2. The number of nitrogens with zero attached hydrogens (tertiary/aromatic N) is 2. The number of fused-ring (bicyclic) bond motifs is 2. The Bertz CT molecular complexity index is 1430. The third kappa shape index (κ3) is 3.05. The summed E-state index contributed by atoms with van der Waals surface area (Å²) in [5, 5.41) is 4.59. The normalized spacial score (nSPS) is 11.1. The summed E-state index contributed by atoms with van der Waals surface area (Å²) in [5.74, 6) is 0. The van der Waals surface area contributed by atoms with Gasteiger partial charge in [0.05, 0.1) is 11.4 Å². The predicted molar refractivity (Wildman–Crippen MR) is 133 cm³/mol. The lowest BCUT2D eigenvalue weighted by atomic mass is 9.88. The molecule has 2 aromatic heterocycles. The molecule has 6 aromatic rings. The van der Waals surface area contributed by atoms with Crippen molar-refractivity contribution >= 4 is 21.5 Å². The molecular weight excluding hydrogens is 388 g/mol. The maximum absolute atomic E-state index is 4.97. The largest absolute Gasteiger partial charge is 0.255 e. The van der Waals surface area contributed by atoms with Crippen molar-refractivity contribution in [1.29, 1.82) is 0 Å². The Morgan fingerprint density at radius 1 is 0.375 bits per heavy atom. The molecule has 2 heteroatoms. The molecular formula is C30H20N2. The maximum atomic E-state index is 4.97. The third-order valence-corrected chi connectivity index (χ3v) is 5.94. The fraction of sp³-hybridized carbons (Fsp3) is 0. The minimum absolute atomic E-state index is 0.972. The molecule has 0 saturated carbocycles. The first kappa shape index (κ1) is 18.5. The van der Waals surface area contributed by atoms with Crippen molar-refractivity contribution in [2.75, 3.05) is 0 Å². The van der Waals surface area contributed by atoms with E-state index in [1.165, 1.54) is 10.8 Å². The Morgan fingerprint density at radius 2 is 0.750 bits per heavy atom. The van der Waals surface area contributed by atoms with Gasteiger partial charge in [-0.1, -0.05) is 109 Å². The quantitative estimate of drug-likeness (QED) is 0.299. The first-order valence-corrected chi connectivity index (χ1v) is 10.8. The van der Waals surface area contributed by atoms with Gasteiger partial charge in [0.1, 0.15) is 0 Å². The molecule has 0 spiro atoms. The number of pyridine rings is 2. The predicted octanol–water partition coefficient (Wildman–Crippen LogP) is 7.78. The van der Waals surface area contributed by atoms with Crippen LogP contribution in [0.3, 0.4) is 0 Å². The molecule has 2 nitrogen and oxygen atoms in total. The molecule has 0 aliphatic heterocycles. The van der Waals surface area contributed by atoms with E-state index in [1.807, 2.05) is 24.5 Å². The lowest BCUT2D eigenvalue weighted by Crippen LogP contribution is -1.97. The summed E-state index contributed by atoms with van der Waals surface area (Å²) < 4.78 is 0. The van der Waals surface area contributed by atoms with Crippen LogP contribution < -0.4 is 0 Å². The molecule has 0 radical (unpaired) electrons. The van der Waals surface area contributed by atoms with E-state index in [-0.39, 0.29) is 0 Å². The van der Waals surface area contributed by atoms with Crippen molar-refractivity contribution in [3.05, 3.63) is 122 Å². The number of hydrogen-bond donors (Lipinski definition) is 0. The minimum Gasteiger partial charge on any atom is -0.255 e. The SMILES string of the molecule is c1ccc(-c2ncc3ccccc3c2-c2c(-c3ccccc3)ncc3ccccc23)cc1. The molecule has 0 bridgehead atoms. The van der Waals surface area contributed by atoms with Gasteiger partial charge in [-0.2, -0.15) is 0 Å². The van der Waals surface area contributed by atoms with Gasteiger partial charge in [0.15, 0.2) is 0 Å². The molecule has 0 aliphatic carbocycles. The smallest absolute Gasteiger partial charge is 0.0787 e. The lowest BCUT2D eigenvalue weighted by molar-refractivity contribution is 1.33. The Morgan fingerprint density at radius 3 is 1.19 bits per heavy atom. The van der Waals surface area contributed by atoms with E-state index < -0.39 is 0 Å². The first-order valence-electron chi connectivity index (χ1n) is 10.8. The van der Waals surface area contributed by atoms with Crippen molar-refractivity contribution < 1.29 is 0 Å². The highest BCUT2D eigenvalue weighted by Gasteiger charge is 2.20. The van der Waals surface area contributed by atoms with Crippen LogP contribution in [0.15, 0.2) is 122 Å². The van der Waals surface area contributed by atoms with Gasteiger partial charge in [0.25, 0.3) is 0 Å². The van der Waals surface area contributed by atoms with Gasteiger partial charge in [-0.05, 0) is 10.8 Å². The molecule has 0 aliphatic rings. The lowest BCUT2D eigenvalue weighted by Gasteiger charge is -2.18. The highest BCUT2D eigenvalue weighted by atomic mass is 14.7. The Labute approximate surface area is 186 Å². The highest BCUT2D eigenvalue weighted by Crippen LogP contribution is 2.43. The van der Waals surface area contributed by atoms with E-state index in [9.17, 15) is 0 Å². The summed E-state index contributed by atoms with van der Waals surface area (Å²) in [5.41, 5.74) is 6.38. The molecule has 6 rings (SSSR count). The van der Waals surface area contributed by atoms with Crippen molar-refractivity contribution in [2.24, 2.45) is 0 Å². The first-order chi connectivity index (χ1) is 15.9. The van der Waals surface area contributed by atoms with E-state index in [0.717, 1.165) is 44.4 Å². The second-order valence-corrected chi connectivity index (χ2v) is 7.87. The van der Waals surface area contributed by atoms with Crippen molar-refractivity contribution in [3.63, 3.8) is 0 Å². The van der Waals surface area contributed by atoms with Gasteiger partial charge in [0, 0.05) is 45.4 Å². The Balaban J connectivity index is 1.82. The van der Waals surface area contributed by atoms with Crippen LogP contribution in [-0.2, 0) is 0 Å². The number of rotatable bonds is 3. The van der Waals surface area contributed by atoms with Gasteiger partial charge in [-0.3, -0.25) is 9.97 Å². The highest BCUT2D eigenvalue weighted by molar-refractivity contribution is 6.12. The van der Waals surface area contributed by atoms with Gasteiger partial charge < -0.3 is 0 Å². The maximum Gasteiger partial charge on any atom is 0.0787 e. The minimum atomic E-state index is 0.972. The topological polar surface area (TPSA) is 25.8 Å². The summed E-state index contributed by atoms with van der Waals surface area (Å²) >= 11 is 0. The van der Waals surface area contributed by atoms with E-state index in [0.29, 0.717) is 0 Å². The van der Waals surface area contributed by atoms with E-state index in [4.69, 9.17) is 9.97 Å². The molecule has 0 fully saturated rings. The van der Waals surface area contributed by atoms with Crippen LogP contribution >= 0.6 is 0 Å². The van der Waals surface area contributed by atoms with Crippen molar-refractivity contribution in [2.45, 2.75) is 0 Å². The summed E-state index contributed by atoms with van der Waals surface area (Å²) in [6, 6.07) is 37.8. The molecule has 0 N–H and O–H groups in total. The van der Waals surface area contributed by atoms with E-state index in [2.05, 4.69) is 97.1 Å². The molecule has 2 heterocycles. The van der Waals surface area contributed by atoms with Gasteiger partial charge in [-0.25, -0.2) is 0 Å². The van der Waals surface area contributed by atoms with E-state index in [1.54, 1.807) is 0 Å². The standard InChI is InChI=1S/C30H20N2/c1-3-11-21(12-4-1)29-27(25-17-9-7-15-23(25)19-31-29)28-26-18-10-8-16-24(26)20-32-30(28)22-13-5-2-6-14-22/h1-20H. The van der Waals surface area contributed by atoms with Crippen LogP contribution in [0.25, 0.3) is 55.2 Å². The summed E-state index contributed by atoms with van der Waals surface area (Å²) in [6.07, 6.45) is 3.95. The van der Waals surface area contributed by atoms with Crippen LogP contribution in [0.2, 0.25) is 0 Å². The monoisotopic (exact) mass is 408 g/mol. The molecule has 0 atom stereocenters. The fourth-order valence-corrected chi connectivity index (χ4v) is 4.46. The average molecular weight is 409 g/mol. The number of benzene rings is 4. The van der Waals surface area contributed by atoms with Crippen LogP contribution in [0.1, 0.15) is 0 Å². The van der Waals surface area contributed by atoms with Gasteiger partial charge in [0.2, 0.25) is 0 Å². The molecule has 150 valence electrons. The summed E-state index contributed by atoms with van der Waals surface area (Å²) in [7, 11) is 0. The van der Waals surface area contributed by atoms with Crippen molar-refractivity contribution in [1.82, 2.24) is 9.97 Å². The molecule has 0 unspecified atom stereocenters. The molecule has 0 saturated heterocycles. The second-order valence-electron chi connectivity index (χ2n) is 7.87. The molecule has 0 amide bonds. The van der Waals surface area contributed by atoms with E-state index >= 15 is 0 Å². The fourth-order valence-electron chi connectivity index (χ4n) is 4.46. The zero-order valence-corrected chi connectivity index (χ0v) is 17.4. The van der Waals surface area contributed by atoms with Crippen molar-refractivity contribution in [3.8, 4) is 33.6 Å². The molecule has 4 aromatic carbocycles. The van der Waals surface area contributed by atoms with Crippen LogP contribution in [-0.4, -0.2) is 9.97 Å². The van der Waals surface area contributed by atoms with Crippen LogP contribution in [0.5, 0.6) is 0 Å². The van der Waals surface area contributed by atoms with Crippen LogP contribution in [0.4, 0.5) is 0 Å². The summed E-state index contributed by atoms with van der Waals surface area (Å²) in [4.78, 5) is 9.93. The Kier molecular flexibility index (Phi) is 4.47. The summed E-state index contributed by atoms with van der Waals surface area (Å²) in [6.45, 7) is 0.